The predicted molar refractivity (Wildman–Crippen MR) is 65.1 cm³/mol. The van der Waals surface area contributed by atoms with Crippen LogP contribution in [0.1, 0.15) is 22.2 Å². The third kappa shape index (κ3) is 2.91. The summed E-state index contributed by atoms with van der Waals surface area (Å²) in [7, 11) is 0. The number of halogens is 1. The second-order valence-electron chi connectivity index (χ2n) is 3.57. The molecule has 1 aromatic carbocycles. The molecule has 0 aliphatic rings. The molecular formula is C13H11FO2S. The minimum absolute atomic E-state index is 0.0912. The van der Waals surface area contributed by atoms with Crippen LogP contribution in [0.4, 0.5) is 4.39 Å². The van der Waals surface area contributed by atoms with E-state index in [4.69, 9.17) is 4.74 Å². The summed E-state index contributed by atoms with van der Waals surface area (Å²) in [6.07, 6.45) is 0. The van der Waals surface area contributed by atoms with E-state index in [1.807, 2.05) is 17.5 Å². The third-order valence-corrected chi connectivity index (χ3v) is 3.13. The molecule has 88 valence electrons. The molecule has 0 bridgehead atoms. The van der Waals surface area contributed by atoms with Crippen LogP contribution in [0.15, 0.2) is 35.7 Å². The van der Waals surface area contributed by atoms with Gasteiger partial charge in [-0.1, -0.05) is 6.07 Å². The third-order valence-electron chi connectivity index (χ3n) is 2.28. The normalized spacial score (nSPS) is 10.2. The van der Waals surface area contributed by atoms with Gasteiger partial charge in [-0.05, 0) is 30.5 Å². The van der Waals surface area contributed by atoms with Crippen molar-refractivity contribution in [2.45, 2.75) is 13.5 Å². The summed E-state index contributed by atoms with van der Waals surface area (Å²) in [6.45, 7) is 1.75. The van der Waals surface area contributed by atoms with Crippen molar-refractivity contribution in [3.63, 3.8) is 0 Å². The van der Waals surface area contributed by atoms with Crippen LogP contribution in [-0.4, -0.2) is 5.78 Å². The molecule has 2 aromatic rings. The lowest BCUT2D eigenvalue weighted by atomic mass is 10.1. The summed E-state index contributed by atoms with van der Waals surface area (Å²) in [5, 5.41) is 1.96. The summed E-state index contributed by atoms with van der Waals surface area (Å²) in [4.78, 5) is 12.1. The summed E-state index contributed by atoms with van der Waals surface area (Å²) < 4.78 is 18.9. The lowest BCUT2D eigenvalue weighted by molar-refractivity contribution is 0.101. The number of ether oxygens (including phenoxy) is 1. The zero-order chi connectivity index (χ0) is 12.3. The molecule has 0 aliphatic heterocycles. The van der Waals surface area contributed by atoms with E-state index in [2.05, 4.69) is 0 Å². The first-order valence-electron chi connectivity index (χ1n) is 5.12. The molecule has 0 spiro atoms. The van der Waals surface area contributed by atoms with Crippen LogP contribution in [0.3, 0.4) is 0 Å². The molecule has 2 rings (SSSR count). The first-order valence-corrected chi connectivity index (χ1v) is 6.00. The Hall–Kier alpha value is -1.68. The van der Waals surface area contributed by atoms with Crippen molar-refractivity contribution < 1.29 is 13.9 Å². The quantitative estimate of drug-likeness (QED) is 0.774. The van der Waals surface area contributed by atoms with Gasteiger partial charge < -0.3 is 4.74 Å². The number of Topliss-reactive ketones (excluding diaryl/α,β-unsaturated/α-hetero) is 1. The van der Waals surface area contributed by atoms with Crippen LogP contribution in [-0.2, 0) is 6.61 Å². The number of hydrogen-bond acceptors (Lipinski definition) is 3. The Labute approximate surface area is 103 Å². The fraction of sp³-hybridized carbons (Fsp3) is 0.154. The highest BCUT2D eigenvalue weighted by atomic mass is 32.1. The maximum Gasteiger partial charge on any atom is 0.162 e. The Bertz CT molecular complexity index is 520. The average molecular weight is 250 g/mol. The number of thiophene rings is 1. The van der Waals surface area contributed by atoms with Crippen molar-refractivity contribution >= 4 is 17.1 Å². The fourth-order valence-corrected chi connectivity index (χ4v) is 2.04. The molecule has 1 heterocycles. The molecule has 0 saturated carbocycles. The molecule has 0 amide bonds. The van der Waals surface area contributed by atoms with Gasteiger partial charge >= 0.3 is 0 Å². The topological polar surface area (TPSA) is 26.3 Å². The molecule has 2 nitrogen and oxygen atoms in total. The SMILES string of the molecule is CC(=O)c1ccc(OCc2cccs2)cc1F. The molecule has 0 aliphatic carbocycles. The van der Waals surface area contributed by atoms with E-state index in [1.54, 1.807) is 17.4 Å². The molecule has 0 atom stereocenters. The van der Waals surface area contributed by atoms with Gasteiger partial charge in [0.2, 0.25) is 0 Å². The van der Waals surface area contributed by atoms with Crippen LogP contribution < -0.4 is 4.74 Å². The van der Waals surface area contributed by atoms with E-state index >= 15 is 0 Å². The summed E-state index contributed by atoms with van der Waals surface area (Å²) >= 11 is 1.58. The number of rotatable bonds is 4. The van der Waals surface area contributed by atoms with Crippen molar-refractivity contribution in [3.8, 4) is 5.75 Å². The van der Waals surface area contributed by atoms with Gasteiger partial charge in [0.05, 0.1) is 5.56 Å². The van der Waals surface area contributed by atoms with Gasteiger partial charge in [0.1, 0.15) is 18.2 Å². The number of carbonyl (C=O) groups is 1. The van der Waals surface area contributed by atoms with Crippen LogP contribution in [0.2, 0.25) is 0 Å². The van der Waals surface area contributed by atoms with E-state index in [0.29, 0.717) is 12.4 Å². The molecule has 17 heavy (non-hydrogen) atoms. The molecule has 0 saturated heterocycles. The monoisotopic (exact) mass is 250 g/mol. The molecule has 0 radical (unpaired) electrons. The summed E-state index contributed by atoms with van der Waals surface area (Å²) in [5.74, 6) is -0.394. The predicted octanol–water partition coefficient (Wildman–Crippen LogP) is 3.67. The minimum Gasteiger partial charge on any atom is -0.488 e. The van der Waals surface area contributed by atoms with Crippen molar-refractivity contribution in [2.24, 2.45) is 0 Å². The molecule has 4 heteroatoms. The van der Waals surface area contributed by atoms with Crippen LogP contribution >= 0.6 is 11.3 Å². The highest BCUT2D eigenvalue weighted by Gasteiger charge is 2.08. The Balaban J connectivity index is 2.07. The molecule has 0 N–H and O–H groups in total. The lowest BCUT2D eigenvalue weighted by Crippen LogP contribution is -1.99. The van der Waals surface area contributed by atoms with Gasteiger partial charge in [0.15, 0.2) is 5.78 Å². The Morgan fingerprint density at radius 2 is 2.24 bits per heavy atom. The van der Waals surface area contributed by atoms with Gasteiger partial charge in [-0.15, -0.1) is 11.3 Å². The van der Waals surface area contributed by atoms with Crippen molar-refractivity contribution in [1.29, 1.82) is 0 Å². The maximum absolute atomic E-state index is 13.5. The van der Waals surface area contributed by atoms with Gasteiger partial charge in [0.25, 0.3) is 0 Å². The van der Waals surface area contributed by atoms with Gasteiger partial charge in [-0.3, -0.25) is 4.79 Å². The Morgan fingerprint density at radius 3 is 2.82 bits per heavy atom. The number of hydrogen-bond donors (Lipinski definition) is 0. The highest BCUT2D eigenvalue weighted by Crippen LogP contribution is 2.19. The Morgan fingerprint density at radius 1 is 1.41 bits per heavy atom. The van der Waals surface area contributed by atoms with Crippen molar-refractivity contribution in [3.05, 3.63) is 52.0 Å². The summed E-state index contributed by atoms with van der Waals surface area (Å²) in [6, 6.07) is 8.17. The zero-order valence-corrected chi connectivity index (χ0v) is 10.1. The number of carbonyl (C=O) groups excluding carboxylic acids is 1. The van der Waals surface area contributed by atoms with E-state index in [-0.39, 0.29) is 11.3 Å². The van der Waals surface area contributed by atoms with E-state index in [9.17, 15) is 9.18 Å². The van der Waals surface area contributed by atoms with E-state index < -0.39 is 5.82 Å². The fourth-order valence-electron chi connectivity index (χ4n) is 1.42. The van der Waals surface area contributed by atoms with Gasteiger partial charge in [-0.2, -0.15) is 0 Å². The molecule has 1 aromatic heterocycles. The highest BCUT2D eigenvalue weighted by molar-refractivity contribution is 7.09. The first kappa shape index (κ1) is 11.8. The lowest BCUT2D eigenvalue weighted by Gasteiger charge is -2.06. The Kier molecular flexibility index (Phi) is 3.54. The summed E-state index contributed by atoms with van der Waals surface area (Å²) in [5.41, 5.74) is 0.0912. The van der Waals surface area contributed by atoms with Gasteiger partial charge in [0, 0.05) is 10.9 Å². The zero-order valence-electron chi connectivity index (χ0n) is 9.27. The number of ketones is 1. The van der Waals surface area contributed by atoms with Crippen LogP contribution in [0, 0.1) is 5.82 Å². The smallest absolute Gasteiger partial charge is 0.162 e. The maximum atomic E-state index is 13.5. The molecular weight excluding hydrogens is 239 g/mol. The average Bonchev–Trinajstić information content (AvgIpc) is 2.78. The van der Waals surface area contributed by atoms with E-state index in [0.717, 1.165) is 4.88 Å². The van der Waals surface area contributed by atoms with E-state index in [1.165, 1.54) is 19.1 Å². The first-order chi connectivity index (χ1) is 8.16. The van der Waals surface area contributed by atoms with Crippen molar-refractivity contribution in [1.82, 2.24) is 0 Å². The second kappa shape index (κ2) is 5.10. The van der Waals surface area contributed by atoms with Crippen LogP contribution in [0.25, 0.3) is 0 Å². The largest absolute Gasteiger partial charge is 0.488 e. The number of benzene rings is 1. The second-order valence-corrected chi connectivity index (χ2v) is 4.60. The standard InChI is InChI=1S/C13H11FO2S/c1-9(15)12-5-4-10(7-13(12)14)16-8-11-3-2-6-17-11/h2-7H,8H2,1H3. The van der Waals surface area contributed by atoms with Gasteiger partial charge in [-0.25, -0.2) is 4.39 Å². The molecule has 0 unspecified atom stereocenters. The van der Waals surface area contributed by atoms with Crippen molar-refractivity contribution in [2.75, 3.05) is 0 Å². The minimum atomic E-state index is -0.541. The van der Waals surface area contributed by atoms with Crippen LogP contribution in [0.5, 0.6) is 5.75 Å². The molecule has 0 fully saturated rings.